The molecule has 3 heteroatoms. The molecule has 0 amide bonds. The molecule has 1 aliphatic carbocycles. The summed E-state index contributed by atoms with van der Waals surface area (Å²) in [5.74, 6) is -0.869. The van der Waals surface area contributed by atoms with Crippen molar-refractivity contribution in [1.82, 2.24) is 0 Å². The summed E-state index contributed by atoms with van der Waals surface area (Å²) in [5.41, 5.74) is 0.600. The number of esters is 1. The molecule has 1 aromatic carbocycles. The smallest absolute Gasteiger partial charge is 0.340 e. The molecule has 0 spiro atoms. The Morgan fingerprint density at radius 2 is 1.94 bits per heavy atom. The van der Waals surface area contributed by atoms with Gasteiger partial charge in [0, 0.05) is 6.42 Å². The van der Waals surface area contributed by atoms with Crippen LogP contribution in [-0.2, 0) is 9.47 Å². The maximum atomic E-state index is 12.0. The van der Waals surface area contributed by atoms with E-state index in [1.165, 1.54) is 19.3 Å². The fourth-order valence-corrected chi connectivity index (χ4v) is 2.69. The number of carbonyl (C=O) groups is 1. The summed E-state index contributed by atoms with van der Waals surface area (Å²) in [6.07, 6.45) is 6.72. The molecule has 1 aliphatic heterocycles. The molecule has 96 valence electrons. The van der Waals surface area contributed by atoms with Crippen molar-refractivity contribution >= 4 is 5.97 Å². The lowest BCUT2D eigenvalue weighted by atomic mass is 9.98. The van der Waals surface area contributed by atoms with E-state index < -0.39 is 5.79 Å². The van der Waals surface area contributed by atoms with Crippen LogP contribution in [0.3, 0.4) is 0 Å². The van der Waals surface area contributed by atoms with Gasteiger partial charge in [-0.2, -0.15) is 0 Å². The van der Waals surface area contributed by atoms with E-state index in [-0.39, 0.29) is 12.1 Å². The summed E-state index contributed by atoms with van der Waals surface area (Å²) in [6.45, 7) is 0. The van der Waals surface area contributed by atoms with Crippen molar-refractivity contribution in [3.63, 3.8) is 0 Å². The van der Waals surface area contributed by atoms with Crippen molar-refractivity contribution in [1.29, 1.82) is 0 Å². The van der Waals surface area contributed by atoms with Gasteiger partial charge in [0.25, 0.3) is 0 Å². The van der Waals surface area contributed by atoms with Crippen LogP contribution in [-0.4, -0.2) is 17.9 Å². The Kier molecular flexibility index (Phi) is 3.08. The third-order valence-corrected chi connectivity index (χ3v) is 3.79. The van der Waals surface area contributed by atoms with Gasteiger partial charge in [-0.3, -0.25) is 0 Å². The molecular weight excluding hydrogens is 228 g/mol. The standard InChI is InChI=1S/C15H18O3/c16-14(12-8-4-3-5-9-12)18-15-11-7-2-1-6-10-13(15)17-15/h3-5,8-9,13H,1-2,6-7,10-11H2/t13-,15-/m1/s1. The maximum Gasteiger partial charge on any atom is 0.340 e. The summed E-state index contributed by atoms with van der Waals surface area (Å²) in [6, 6.07) is 9.13. The van der Waals surface area contributed by atoms with Gasteiger partial charge in [-0.25, -0.2) is 4.79 Å². The second kappa shape index (κ2) is 4.73. The fraction of sp³-hybridized carbons (Fsp3) is 0.533. The van der Waals surface area contributed by atoms with Gasteiger partial charge < -0.3 is 9.47 Å². The summed E-state index contributed by atoms with van der Waals surface area (Å²) in [4.78, 5) is 12.0. The lowest BCUT2D eigenvalue weighted by Crippen LogP contribution is -2.25. The van der Waals surface area contributed by atoms with Crippen molar-refractivity contribution in [2.75, 3.05) is 0 Å². The number of ether oxygens (including phenoxy) is 2. The molecular formula is C15H18O3. The molecule has 2 atom stereocenters. The van der Waals surface area contributed by atoms with Crippen molar-refractivity contribution in [3.05, 3.63) is 35.9 Å². The van der Waals surface area contributed by atoms with Crippen LogP contribution in [0.2, 0.25) is 0 Å². The molecule has 1 saturated carbocycles. The van der Waals surface area contributed by atoms with Gasteiger partial charge in [-0.05, 0) is 25.0 Å². The quantitative estimate of drug-likeness (QED) is 0.593. The normalized spacial score (nSPS) is 30.8. The van der Waals surface area contributed by atoms with E-state index in [1.807, 2.05) is 18.2 Å². The van der Waals surface area contributed by atoms with Crippen LogP contribution in [0.1, 0.15) is 48.9 Å². The highest BCUT2D eigenvalue weighted by molar-refractivity contribution is 5.89. The zero-order valence-electron chi connectivity index (χ0n) is 10.4. The molecule has 3 rings (SSSR count). The molecule has 18 heavy (non-hydrogen) atoms. The molecule has 0 bridgehead atoms. The number of hydrogen-bond acceptors (Lipinski definition) is 3. The maximum absolute atomic E-state index is 12.0. The summed E-state index contributed by atoms with van der Waals surface area (Å²) >= 11 is 0. The van der Waals surface area contributed by atoms with E-state index in [9.17, 15) is 4.79 Å². The molecule has 1 aromatic rings. The predicted octanol–water partition coefficient (Wildman–Crippen LogP) is 3.29. The van der Waals surface area contributed by atoms with Crippen LogP contribution in [0.25, 0.3) is 0 Å². The largest absolute Gasteiger partial charge is 0.427 e. The SMILES string of the molecule is O=C(O[C@]12CCCCCC[C@H]1O2)c1ccccc1. The molecule has 2 aliphatic rings. The van der Waals surface area contributed by atoms with Crippen LogP contribution < -0.4 is 0 Å². The Morgan fingerprint density at radius 3 is 2.78 bits per heavy atom. The van der Waals surface area contributed by atoms with Crippen molar-refractivity contribution in [2.24, 2.45) is 0 Å². The van der Waals surface area contributed by atoms with Gasteiger partial charge in [0.15, 0.2) is 0 Å². The van der Waals surface area contributed by atoms with Gasteiger partial charge in [-0.15, -0.1) is 0 Å². The number of fused-ring (bicyclic) bond motifs is 1. The van der Waals surface area contributed by atoms with E-state index in [1.54, 1.807) is 12.1 Å². The molecule has 0 unspecified atom stereocenters. The first-order valence-electron chi connectivity index (χ1n) is 6.76. The Labute approximate surface area is 107 Å². The van der Waals surface area contributed by atoms with E-state index in [0.29, 0.717) is 5.56 Å². The average molecular weight is 246 g/mol. The number of epoxide rings is 1. The summed E-state index contributed by atoms with van der Waals surface area (Å²) < 4.78 is 11.3. The van der Waals surface area contributed by atoms with E-state index in [4.69, 9.17) is 9.47 Å². The topological polar surface area (TPSA) is 38.8 Å². The number of benzene rings is 1. The Morgan fingerprint density at radius 1 is 1.17 bits per heavy atom. The minimum Gasteiger partial charge on any atom is -0.427 e. The first-order valence-corrected chi connectivity index (χ1v) is 6.76. The summed E-state index contributed by atoms with van der Waals surface area (Å²) in [7, 11) is 0. The monoisotopic (exact) mass is 246 g/mol. The highest BCUT2D eigenvalue weighted by Gasteiger charge is 2.59. The molecule has 0 N–H and O–H groups in total. The lowest BCUT2D eigenvalue weighted by Gasteiger charge is -2.16. The molecule has 1 heterocycles. The third kappa shape index (κ3) is 2.27. The van der Waals surface area contributed by atoms with E-state index in [2.05, 4.69) is 0 Å². The van der Waals surface area contributed by atoms with Gasteiger partial charge in [0.05, 0.1) is 5.56 Å². The van der Waals surface area contributed by atoms with Crippen molar-refractivity contribution in [3.8, 4) is 0 Å². The van der Waals surface area contributed by atoms with E-state index in [0.717, 1.165) is 19.3 Å². The first-order chi connectivity index (χ1) is 8.80. The highest BCUT2D eigenvalue weighted by atomic mass is 16.8. The Hall–Kier alpha value is -1.35. The van der Waals surface area contributed by atoms with Gasteiger partial charge in [0.2, 0.25) is 5.79 Å². The van der Waals surface area contributed by atoms with Gasteiger partial charge in [0.1, 0.15) is 6.10 Å². The molecule has 0 aromatic heterocycles. The van der Waals surface area contributed by atoms with Crippen LogP contribution in [0.4, 0.5) is 0 Å². The number of hydrogen-bond donors (Lipinski definition) is 0. The predicted molar refractivity (Wildman–Crippen MR) is 67.2 cm³/mol. The minimum absolute atomic E-state index is 0.130. The average Bonchev–Trinajstić information content (AvgIpc) is 3.03. The lowest BCUT2D eigenvalue weighted by molar-refractivity contribution is -0.0237. The van der Waals surface area contributed by atoms with Crippen LogP contribution in [0, 0.1) is 0 Å². The third-order valence-electron chi connectivity index (χ3n) is 3.79. The van der Waals surface area contributed by atoms with Crippen molar-refractivity contribution in [2.45, 2.75) is 50.4 Å². The fourth-order valence-electron chi connectivity index (χ4n) is 2.69. The first kappa shape index (κ1) is 11.7. The van der Waals surface area contributed by atoms with Crippen LogP contribution >= 0.6 is 0 Å². The highest BCUT2D eigenvalue weighted by Crippen LogP contribution is 2.46. The molecule has 0 radical (unpaired) electrons. The van der Waals surface area contributed by atoms with Crippen LogP contribution in [0.5, 0.6) is 0 Å². The Bertz CT molecular complexity index is 429. The number of carbonyl (C=O) groups excluding carboxylic acids is 1. The number of rotatable bonds is 2. The van der Waals surface area contributed by atoms with E-state index >= 15 is 0 Å². The zero-order chi connectivity index (χ0) is 12.4. The van der Waals surface area contributed by atoms with Crippen molar-refractivity contribution < 1.29 is 14.3 Å². The van der Waals surface area contributed by atoms with Gasteiger partial charge >= 0.3 is 5.97 Å². The second-order valence-electron chi connectivity index (χ2n) is 5.13. The van der Waals surface area contributed by atoms with Crippen LogP contribution in [0.15, 0.2) is 30.3 Å². The second-order valence-corrected chi connectivity index (χ2v) is 5.13. The summed E-state index contributed by atoms with van der Waals surface area (Å²) in [5, 5.41) is 0. The molecule has 1 saturated heterocycles. The molecule has 3 nitrogen and oxygen atoms in total. The Balaban J connectivity index is 1.67. The van der Waals surface area contributed by atoms with Gasteiger partial charge in [-0.1, -0.05) is 37.5 Å². The minimum atomic E-state index is -0.604. The molecule has 2 fully saturated rings. The zero-order valence-corrected chi connectivity index (χ0v) is 10.4.